The molecule has 0 atom stereocenters. The Balaban J connectivity index is 1.97. The summed E-state index contributed by atoms with van der Waals surface area (Å²) in [4.78, 5) is 27.1. The average molecular weight is 677 g/mol. The fourth-order valence-corrected chi connectivity index (χ4v) is 6.62. The molecular formula is C44H68O5. The second-order valence-corrected chi connectivity index (χ2v) is 13.7. The Morgan fingerprint density at radius 3 is 1.55 bits per heavy atom. The molecule has 49 heavy (non-hydrogen) atoms. The van der Waals surface area contributed by atoms with Crippen molar-refractivity contribution in [2.75, 3.05) is 14.2 Å². The van der Waals surface area contributed by atoms with E-state index >= 15 is 0 Å². The molecule has 0 amide bonds. The number of carbonyl (C=O) groups excluding carboxylic acids is 2. The highest BCUT2D eigenvalue weighted by Crippen LogP contribution is 2.40. The van der Waals surface area contributed by atoms with Crippen molar-refractivity contribution >= 4 is 17.1 Å². The van der Waals surface area contributed by atoms with Crippen molar-refractivity contribution in [3.8, 4) is 11.5 Å². The van der Waals surface area contributed by atoms with Gasteiger partial charge in [0.25, 0.3) is 0 Å². The van der Waals surface area contributed by atoms with Crippen LogP contribution in [-0.2, 0) is 20.7 Å². The molecule has 5 heteroatoms. The summed E-state index contributed by atoms with van der Waals surface area (Å²) in [5.41, 5.74) is 2.13. The van der Waals surface area contributed by atoms with Gasteiger partial charge >= 0.3 is 0 Å². The van der Waals surface area contributed by atoms with Gasteiger partial charge in [0.15, 0.2) is 11.5 Å². The van der Waals surface area contributed by atoms with Gasteiger partial charge in [-0.15, -0.1) is 0 Å². The third-order valence-electron chi connectivity index (χ3n) is 9.58. The number of allylic oxidation sites excluding steroid dienone is 7. The van der Waals surface area contributed by atoms with E-state index in [0.29, 0.717) is 35.3 Å². The van der Waals surface area contributed by atoms with Gasteiger partial charge < -0.3 is 14.6 Å². The zero-order valence-corrected chi connectivity index (χ0v) is 31.6. The van der Waals surface area contributed by atoms with E-state index in [0.717, 1.165) is 37.7 Å². The van der Waals surface area contributed by atoms with Gasteiger partial charge in [0, 0.05) is 28.9 Å². The first-order valence-electron chi connectivity index (χ1n) is 19.8. The van der Waals surface area contributed by atoms with Crippen LogP contribution >= 0.6 is 0 Å². The maximum atomic E-state index is 13.6. The number of Topliss-reactive ketones (excluding diaryl/α,β-unsaturated/α-hetero) is 1. The highest BCUT2D eigenvalue weighted by atomic mass is 16.5. The molecule has 1 aromatic rings. The summed E-state index contributed by atoms with van der Waals surface area (Å²) in [7, 11) is 3.01. The van der Waals surface area contributed by atoms with Crippen molar-refractivity contribution in [1.29, 1.82) is 0 Å². The third-order valence-corrected chi connectivity index (χ3v) is 9.58. The number of unbranched alkanes of at least 4 members (excludes halogenated alkanes) is 18. The Morgan fingerprint density at radius 1 is 0.592 bits per heavy atom. The average Bonchev–Trinajstić information content (AvgIpc) is 3.10. The van der Waals surface area contributed by atoms with E-state index in [-0.39, 0.29) is 23.1 Å². The third kappa shape index (κ3) is 16.5. The summed E-state index contributed by atoms with van der Waals surface area (Å²) in [6.07, 6.45) is 37.6. The second kappa shape index (κ2) is 26.7. The molecule has 0 bridgehead atoms. The van der Waals surface area contributed by atoms with E-state index in [4.69, 9.17) is 9.47 Å². The Labute approximate surface area is 299 Å². The molecule has 274 valence electrons. The predicted octanol–water partition coefficient (Wildman–Crippen LogP) is 12.5. The fourth-order valence-electron chi connectivity index (χ4n) is 6.62. The molecule has 1 aromatic carbocycles. The summed E-state index contributed by atoms with van der Waals surface area (Å²) >= 11 is 0. The van der Waals surface area contributed by atoms with Gasteiger partial charge in [0.05, 0.1) is 14.2 Å². The molecule has 1 aliphatic rings. The van der Waals surface area contributed by atoms with Crippen LogP contribution in [0.5, 0.6) is 11.5 Å². The van der Waals surface area contributed by atoms with Gasteiger partial charge in [0.2, 0.25) is 5.78 Å². The highest BCUT2D eigenvalue weighted by Gasteiger charge is 2.32. The van der Waals surface area contributed by atoms with Crippen LogP contribution in [0.15, 0.2) is 53.8 Å². The topological polar surface area (TPSA) is 72.8 Å². The van der Waals surface area contributed by atoms with Gasteiger partial charge in [-0.2, -0.15) is 0 Å². The number of rotatable bonds is 29. The summed E-state index contributed by atoms with van der Waals surface area (Å²) < 4.78 is 10.8. The minimum Gasteiger partial charge on any atom is -0.507 e. The first-order valence-corrected chi connectivity index (χ1v) is 19.8. The minimum absolute atomic E-state index is 0.0128. The van der Waals surface area contributed by atoms with Crippen LogP contribution in [0, 0.1) is 0 Å². The molecule has 1 aliphatic carbocycles. The van der Waals surface area contributed by atoms with Crippen LogP contribution in [-0.4, -0.2) is 30.9 Å². The summed E-state index contributed by atoms with van der Waals surface area (Å²) in [6.45, 7) is 4.46. The van der Waals surface area contributed by atoms with Gasteiger partial charge in [0.1, 0.15) is 11.5 Å². The lowest BCUT2D eigenvalue weighted by atomic mass is 9.82. The fraction of sp³-hybridized carbons (Fsp3) is 0.636. The summed E-state index contributed by atoms with van der Waals surface area (Å²) in [5.74, 6) is 0.0898. The smallest absolute Gasteiger partial charge is 0.224 e. The maximum Gasteiger partial charge on any atom is 0.224 e. The number of methoxy groups -OCH3 is 2. The lowest BCUT2D eigenvalue weighted by Crippen LogP contribution is -2.20. The van der Waals surface area contributed by atoms with Crippen LogP contribution < -0.4 is 4.74 Å². The van der Waals surface area contributed by atoms with E-state index in [1.54, 1.807) is 13.2 Å². The van der Waals surface area contributed by atoms with Crippen LogP contribution in [0.4, 0.5) is 0 Å². The molecule has 0 saturated carbocycles. The second-order valence-electron chi connectivity index (χ2n) is 13.7. The van der Waals surface area contributed by atoms with Crippen LogP contribution in [0.1, 0.15) is 173 Å². The first-order chi connectivity index (χ1) is 24.0. The molecular weight excluding hydrogens is 608 g/mol. The maximum absolute atomic E-state index is 13.6. The van der Waals surface area contributed by atoms with Gasteiger partial charge in [-0.3, -0.25) is 9.59 Å². The number of carbonyl (C=O) groups is 2. The number of aromatic hydroxyl groups is 1. The zero-order chi connectivity index (χ0) is 35.5. The van der Waals surface area contributed by atoms with Gasteiger partial charge in [-0.25, -0.2) is 0 Å². The van der Waals surface area contributed by atoms with Crippen LogP contribution in [0.3, 0.4) is 0 Å². The largest absolute Gasteiger partial charge is 0.507 e. The number of phenols is 1. The zero-order valence-electron chi connectivity index (χ0n) is 31.6. The SMILES string of the molecule is CCCCC=CCCCCCCCCCC1=C(c2c(O)cc(OC)cc2CCCCCCCCCC=CCCCC)C(=O)C=C(OC)C1=O. The van der Waals surface area contributed by atoms with E-state index in [9.17, 15) is 14.7 Å². The Morgan fingerprint density at radius 2 is 1.06 bits per heavy atom. The summed E-state index contributed by atoms with van der Waals surface area (Å²) in [5, 5.41) is 11.2. The number of hydrogen-bond donors (Lipinski definition) is 1. The number of ketones is 2. The van der Waals surface area contributed by atoms with Crippen molar-refractivity contribution in [2.45, 2.75) is 168 Å². The Kier molecular flexibility index (Phi) is 23.0. The molecule has 0 unspecified atom stereocenters. The molecule has 0 aliphatic heterocycles. The number of benzene rings is 1. The Bertz CT molecular complexity index is 1220. The number of hydrogen-bond acceptors (Lipinski definition) is 5. The molecule has 0 radical (unpaired) electrons. The molecule has 5 nitrogen and oxygen atoms in total. The van der Waals surface area contributed by atoms with Crippen molar-refractivity contribution < 1.29 is 24.2 Å². The lowest BCUT2D eigenvalue weighted by Gasteiger charge is -2.22. The quantitative estimate of drug-likeness (QED) is 0.0519. The van der Waals surface area contributed by atoms with Crippen molar-refractivity contribution in [3.63, 3.8) is 0 Å². The molecule has 0 heterocycles. The minimum atomic E-state index is -0.280. The van der Waals surface area contributed by atoms with Crippen molar-refractivity contribution in [2.24, 2.45) is 0 Å². The lowest BCUT2D eigenvalue weighted by molar-refractivity contribution is -0.117. The van der Waals surface area contributed by atoms with E-state index in [1.165, 1.54) is 122 Å². The normalized spacial score (nSPS) is 13.7. The number of phenolic OH excluding ortho intramolecular Hbond substituents is 1. The standard InChI is InChI=1S/C44H68O5/c1-5-7-9-11-13-15-17-19-21-23-25-27-29-31-36-33-37(48-3)34-39(45)42(36)43-38(44(47)41(49-4)35-40(43)46)32-30-28-26-24-22-20-18-16-14-12-10-8-6-2/h11-14,33-35,45H,5-10,15-32H2,1-4H3. The van der Waals surface area contributed by atoms with Crippen LogP contribution in [0.25, 0.3) is 5.57 Å². The van der Waals surface area contributed by atoms with E-state index < -0.39 is 0 Å². The van der Waals surface area contributed by atoms with Crippen molar-refractivity contribution in [3.05, 3.63) is 65.0 Å². The highest BCUT2D eigenvalue weighted by molar-refractivity contribution is 6.37. The van der Waals surface area contributed by atoms with E-state index in [1.807, 2.05) is 6.07 Å². The Hall–Kier alpha value is -3.08. The van der Waals surface area contributed by atoms with Gasteiger partial charge in [-0.05, 0) is 75.8 Å². The summed E-state index contributed by atoms with van der Waals surface area (Å²) in [6, 6.07) is 3.47. The molecule has 0 fully saturated rings. The number of ether oxygens (including phenoxy) is 2. The van der Waals surface area contributed by atoms with Gasteiger partial charge in [-0.1, -0.05) is 128 Å². The van der Waals surface area contributed by atoms with Crippen LogP contribution in [0.2, 0.25) is 0 Å². The number of aryl methyl sites for hydroxylation is 1. The molecule has 0 aromatic heterocycles. The molecule has 2 rings (SSSR count). The molecule has 0 saturated heterocycles. The molecule has 0 spiro atoms. The molecule has 1 N–H and O–H groups in total. The first kappa shape index (κ1) is 42.1. The van der Waals surface area contributed by atoms with E-state index in [2.05, 4.69) is 38.2 Å². The monoisotopic (exact) mass is 677 g/mol. The van der Waals surface area contributed by atoms with Crippen molar-refractivity contribution in [1.82, 2.24) is 0 Å². The predicted molar refractivity (Wildman–Crippen MR) is 206 cm³/mol.